The zero-order valence-corrected chi connectivity index (χ0v) is 15.3. The minimum absolute atomic E-state index is 0.00565. The fourth-order valence-corrected chi connectivity index (χ4v) is 2.95. The molecule has 1 unspecified atom stereocenters. The zero-order valence-electron chi connectivity index (χ0n) is 13.7. The van der Waals surface area contributed by atoms with Crippen LogP contribution in [0.3, 0.4) is 0 Å². The van der Waals surface area contributed by atoms with Gasteiger partial charge < -0.3 is 14.8 Å². The topological polar surface area (TPSA) is 84.9 Å². The van der Waals surface area contributed by atoms with Crippen LogP contribution in [0.5, 0.6) is 0 Å². The molecule has 0 aromatic heterocycles. The van der Waals surface area contributed by atoms with Gasteiger partial charge in [-0.15, -0.1) is 6.58 Å². The lowest BCUT2D eigenvalue weighted by Gasteiger charge is -2.34. The molecule has 1 aromatic rings. The Morgan fingerprint density at radius 1 is 1.32 bits per heavy atom. The van der Waals surface area contributed by atoms with Crippen molar-refractivity contribution in [1.82, 2.24) is 10.2 Å². The number of nitrogens with one attached hydrogen (secondary N) is 1. The third kappa shape index (κ3) is 3.74. The molecule has 1 heterocycles. The summed E-state index contributed by atoms with van der Waals surface area (Å²) in [6, 6.07) is 5.64. The smallest absolute Gasteiger partial charge is 0.355 e. The summed E-state index contributed by atoms with van der Waals surface area (Å²) in [4.78, 5) is 38.3. The fourth-order valence-electron chi connectivity index (χ4n) is 2.54. The summed E-state index contributed by atoms with van der Waals surface area (Å²) < 4.78 is 10.4. The first-order chi connectivity index (χ1) is 11.9. The Kier molecular flexibility index (Phi) is 5.97. The van der Waals surface area contributed by atoms with Crippen LogP contribution in [0.4, 0.5) is 4.79 Å². The minimum Gasteiger partial charge on any atom is -0.466 e. The van der Waals surface area contributed by atoms with Gasteiger partial charge in [-0.25, -0.2) is 14.4 Å². The summed E-state index contributed by atoms with van der Waals surface area (Å²) in [6.45, 7) is 3.60. The van der Waals surface area contributed by atoms with Gasteiger partial charge in [-0.2, -0.15) is 0 Å². The second-order valence-corrected chi connectivity index (χ2v) is 6.00. The number of ether oxygens (including phenoxy) is 2. The number of nitrogens with zero attached hydrogens (tertiary/aromatic N) is 1. The van der Waals surface area contributed by atoms with Crippen LogP contribution in [0.15, 0.2) is 52.7 Å². The van der Waals surface area contributed by atoms with Crippen molar-refractivity contribution in [1.29, 1.82) is 0 Å². The molecule has 2 rings (SSSR count). The number of halogens is 1. The Hall–Kier alpha value is -2.61. The maximum atomic E-state index is 12.5. The molecule has 1 aliphatic rings. The largest absolute Gasteiger partial charge is 0.466 e. The number of hydrogen-bond donors (Lipinski definition) is 1. The second kappa shape index (κ2) is 7.98. The molecule has 1 N–H and O–H groups in total. The molecular formula is C17H17BrN2O5. The molecule has 1 atom stereocenters. The summed E-state index contributed by atoms with van der Waals surface area (Å²) in [5.41, 5.74) is 0.444. The summed E-state index contributed by atoms with van der Waals surface area (Å²) in [7, 11) is 2.38. The normalized spacial score (nSPS) is 17.0. The predicted molar refractivity (Wildman–Crippen MR) is 93.4 cm³/mol. The van der Waals surface area contributed by atoms with Gasteiger partial charge >= 0.3 is 18.0 Å². The first-order valence-corrected chi connectivity index (χ1v) is 8.09. The van der Waals surface area contributed by atoms with Gasteiger partial charge in [0.25, 0.3) is 0 Å². The van der Waals surface area contributed by atoms with Gasteiger partial charge in [0.15, 0.2) is 0 Å². The van der Waals surface area contributed by atoms with E-state index in [1.165, 1.54) is 20.3 Å². The van der Waals surface area contributed by atoms with Gasteiger partial charge in [0.05, 0.1) is 25.8 Å². The fraction of sp³-hybridized carbons (Fsp3) is 0.235. The monoisotopic (exact) mass is 408 g/mol. The number of esters is 2. The second-order valence-electron chi connectivity index (χ2n) is 5.08. The average molecular weight is 409 g/mol. The maximum Gasteiger partial charge on any atom is 0.355 e. The lowest BCUT2D eigenvalue weighted by Crippen LogP contribution is -2.50. The average Bonchev–Trinajstić information content (AvgIpc) is 2.61. The van der Waals surface area contributed by atoms with Crippen molar-refractivity contribution < 1.29 is 23.9 Å². The number of hydrogen-bond acceptors (Lipinski definition) is 5. The SMILES string of the molecule is C=CCN1C(=O)NC(c2cccc(Br)c2)C(C(=O)OC)=C1C(=O)OC. The standard InChI is InChI=1S/C17H17BrN2O5/c1-4-8-20-14(16(22)25-3)12(15(21)24-2)13(19-17(20)23)10-6-5-7-11(18)9-10/h4-7,9,13H,1,8H2,2-3H3,(H,19,23). The molecule has 0 saturated carbocycles. The van der Waals surface area contributed by atoms with Crippen molar-refractivity contribution in [3.8, 4) is 0 Å². The van der Waals surface area contributed by atoms with E-state index in [4.69, 9.17) is 9.47 Å². The third-order valence-electron chi connectivity index (χ3n) is 3.60. The molecule has 0 saturated heterocycles. The number of urea groups is 1. The molecule has 2 amide bonds. The van der Waals surface area contributed by atoms with Crippen LogP contribution < -0.4 is 5.32 Å². The number of rotatable bonds is 5. The van der Waals surface area contributed by atoms with E-state index >= 15 is 0 Å². The number of carbonyl (C=O) groups excluding carboxylic acids is 3. The molecule has 7 nitrogen and oxygen atoms in total. The Morgan fingerprint density at radius 3 is 2.56 bits per heavy atom. The minimum atomic E-state index is -0.854. The van der Waals surface area contributed by atoms with Crippen LogP contribution in [-0.2, 0) is 19.1 Å². The molecule has 1 aliphatic heterocycles. The maximum absolute atomic E-state index is 12.5. The lowest BCUT2D eigenvalue weighted by molar-refractivity contribution is -0.141. The van der Waals surface area contributed by atoms with E-state index < -0.39 is 24.0 Å². The van der Waals surface area contributed by atoms with Crippen LogP contribution in [-0.4, -0.2) is 43.6 Å². The van der Waals surface area contributed by atoms with Crippen molar-refractivity contribution in [3.05, 3.63) is 58.2 Å². The molecule has 1 aromatic carbocycles. The van der Waals surface area contributed by atoms with Gasteiger partial charge in [-0.05, 0) is 17.7 Å². The van der Waals surface area contributed by atoms with Gasteiger partial charge in [0, 0.05) is 11.0 Å². The highest BCUT2D eigenvalue weighted by molar-refractivity contribution is 9.10. The number of amides is 2. The van der Waals surface area contributed by atoms with Crippen LogP contribution in [0.25, 0.3) is 0 Å². The van der Waals surface area contributed by atoms with Crippen LogP contribution >= 0.6 is 15.9 Å². The van der Waals surface area contributed by atoms with E-state index in [-0.39, 0.29) is 17.8 Å². The van der Waals surface area contributed by atoms with E-state index in [0.717, 1.165) is 9.37 Å². The van der Waals surface area contributed by atoms with Gasteiger partial charge in [-0.3, -0.25) is 4.90 Å². The van der Waals surface area contributed by atoms with E-state index in [1.54, 1.807) is 24.3 Å². The molecule has 0 radical (unpaired) electrons. The van der Waals surface area contributed by atoms with Crippen LogP contribution in [0.1, 0.15) is 11.6 Å². The molecule has 0 fully saturated rings. The molecule has 8 heteroatoms. The van der Waals surface area contributed by atoms with E-state index in [2.05, 4.69) is 27.8 Å². The Morgan fingerprint density at radius 2 is 2.00 bits per heavy atom. The van der Waals surface area contributed by atoms with Crippen molar-refractivity contribution in [2.45, 2.75) is 6.04 Å². The van der Waals surface area contributed by atoms with Gasteiger partial charge in [0.1, 0.15) is 5.70 Å². The Balaban J connectivity index is 2.72. The summed E-state index contributed by atoms with van der Waals surface area (Å²) in [6.07, 6.45) is 1.44. The van der Waals surface area contributed by atoms with Crippen LogP contribution in [0.2, 0.25) is 0 Å². The van der Waals surface area contributed by atoms with E-state index in [1.807, 2.05) is 0 Å². The molecule has 132 valence electrons. The molecule has 0 spiro atoms. The van der Waals surface area contributed by atoms with Crippen LogP contribution in [0, 0.1) is 0 Å². The highest BCUT2D eigenvalue weighted by atomic mass is 79.9. The Labute approximate surface area is 153 Å². The summed E-state index contributed by atoms with van der Waals surface area (Å²) >= 11 is 3.35. The van der Waals surface area contributed by atoms with Gasteiger partial charge in [-0.1, -0.05) is 34.1 Å². The number of benzene rings is 1. The summed E-state index contributed by atoms with van der Waals surface area (Å²) in [5, 5.41) is 2.72. The van der Waals surface area contributed by atoms with Crippen molar-refractivity contribution in [3.63, 3.8) is 0 Å². The first kappa shape index (κ1) is 18.7. The van der Waals surface area contributed by atoms with Crippen molar-refractivity contribution in [2.24, 2.45) is 0 Å². The molecule has 25 heavy (non-hydrogen) atoms. The molecule has 0 aliphatic carbocycles. The van der Waals surface area contributed by atoms with Crippen molar-refractivity contribution >= 4 is 33.9 Å². The van der Waals surface area contributed by atoms with E-state index in [0.29, 0.717) is 5.56 Å². The highest BCUT2D eigenvalue weighted by Gasteiger charge is 2.41. The number of carbonyl (C=O) groups is 3. The lowest BCUT2D eigenvalue weighted by atomic mass is 9.94. The molecule has 0 bridgehead atoms. The third-order valence-corrected chi connectivity index (χ3v) is 4.10. The Bertz CT molecular complexity index is 759. The molecular weight excluding hydrogens is 392 g/mol. The summed E-state index contributed by atoms with van der Waals surface area (Å²) in [5.74, 6) is -1.54. The quantitative estimate of drug-likeness (QED) is 0.596. The number of methoxy groups -OCH3 is 2. The van der Waals surface area contributed by atoms with Crippen molar-refractivity contribution in [2.75, 3.05) is 20.8 Å². The highest BCUT2D eigenvalue weighted by Crippen LogP contribution is 2.33. The zero-order chi connectivity index (χ0) is 18.6. The van der Waals surface area contributed by atoms with Gasteiger partial charge in [0.2, 0.25) is 0 Å². The van der Waals surface area contributed by atoms with E-state index in [9.17, 15) is 14.4 Å². The predicted octanol–water partition coefficient (Wildman–Crippen LogP) is 2.30. The first-order valence-electron chi connectivity index (χ1n) is 7.29.